The maximum Gasteiger partial charge on any atom is 0.279 e. The van der Waals surface area contributed by atoms with Gasteiger partial charge in [-0.3, -0.25) is 4.79 Å². The summed E-state index contributed by atoms with van der Waals surface area (Å²) in [7, 11) is -3.35. The molecule has 2 atom stereocenters. The molecule has 2 heterocycles. The third-order valence-electron chi connectivity index (χ3n) is 4.40. The van der Waals surface area contributed by atoms with Crippen molar-refractivity contribution in [2.45, 2.75) is 23.8 Å². The van der Waals surface area contributed by atoms with Gasteiger partial charge in [-0.25, -0.2) is 8.42 Å². The molecule has 0 saturated carbocycles. The summed E-state index contributed by atoms with van der Waals surface area (Å²) in [5.74, 6) is -0.161. The Kier molecular flexibility index (Phi) is 5.48. The molecule has 2 aromatic rings. The number of carbonyl (C=O) groups excluding carboxylic acids is 1. The molecular weight excluding hydrogens is 380 g/mol. The van der Waals surface area contributed by atoms with Crippen LogP contribution in [0.5, 0.6) is 0 Å². The van der Waals surface area contributed by atoms with Gasteiger partial charge in [0.05, 0.1) is 27.0 Å². The predicted molar refractivity (Wildman–Crippen MR) is 100 cm³/mol. The zero-order chi connectivity index (χ0) is 18.0. The fourth-order valence-corrected chi connectivity index (χ4v) is 4.92. The third kappa shape index (κ3) is 4.41. The number of likely N-dealkylation sites (tertiary alicyclic amines) is 1. The number of quaternary nitrogens is 1. The molecule has 0 bridgehead atoms. The van der Waals surface area contributed by atoms with Gasteiger partial charge >= 0.3 is 0 Å². The molecule has 134 valence electrons. The van der Waals surface area contributed by atoms with Gasteiger partial charge in [-0.2, -0.15) is 0 Å². The van der Waals surface area contributed by atoms with Crippen LogP contribution in [0.3, 0.4) is 0 Å². The summed E-state index contributed by atoms with van der Waals surface area (Å²) in [6, 6.07) is 8.84. The quantitative estimate of drug-likeness (QED) is 0.809. The van der Waals surface area contributed by atoms with Crippen LogP contribution >= 0.6 is 22.9 Å². The summed E-state index contributed by atoms with van der Waals surface area (Å²) in [6.45, 7) is 1.29. The molecule has 1 aliphatic heterocycles. The van der Waals surface area contributed by atoms with E-state index >= 15 is 0 Å². The van der Waals surface area contributed by atoms with Gasteiger partial charge in [-0.1, -0.05) is 17.7 Å². The van der Waals surface area contributed by atoms with Crippen LogP contribution in [-0.4, -0.2) is 33.7 Å². The highest BCUT2D eigenvalue weighted by atomic mass is 35.5. The number of nitrogens with one attached hydrogen (secondary N) is 2. The summed E-state index contributed by atoms with van der Waals surface area (Å²) in [4.78, 5) is 15.1. The number of hydrogen-bond donors (Lipinski definition) is 2. The number of rotatable bonds is 5. The molecule has 1 aliphatic rings. The van der Waals surface area contributed by atoms with Crippen LogP contribution in [0.4, 0.5) is 5.69 Å². The van der Waals surface area contributed by atoms with Crippen LogP contribution in [-0.2, 0) is 14.6 Å². The molecule has 2 N–H and O–H groups in total. The summed E-state index contributed by atoms with van der Waals surface area (Å²) >= 11 is 7.82. The molecule has 0 radical (unpaired) electrons. The normalized spacial score (nSPS) is 20.6. The average molecular weight is 400 g/mol. The lowest BCUT2D eigenvalue weighted by atomic mass is 10.2. The number of halogens is 1. The maximum absolute atomic E-state index is 12.5. The van der Waals surface area contributed by atoms with Crippen molar-refractivity contribution < 1.29 is 18.1 Å². The minimum Gasteiger partial charge on any atom is -0.320 e. The van der Waals surface area contributed by atoms with Crippen molar-refractivity contribution in [3.05, 3.63) is 45.6 Å². The highest BCUT2D eigenvalue weighted by Gasteiger charge is 2.32. The predicted octanol–water partition coefficient (Wildman–Crippen LogP) is 2.16. The van der Waals surface area contributed by atoms with E-state index in [1.54, 1.807) is 11.3 Å². The molecule has 5 nitrogen and oxygen atoms in total. The second-order valence-electron chi connectivity index (χ2n) is 6.26. The summed E-state index contributed by atoms with van der Waals surface area (Å²) in [6.07, 6.45) is 3.30. The van der Waals surface area contributed by atoms with E-state index in [9.17, 15) is 13.2 Å². The Morgan fingerprint density at radius 2 is 2.20 bits per heavy atom. The molecule has 1 saturated heterocycles. The molecule has 1 aromatic heterocycles. The lowest BCUT2D eigenvalue weighted by Crippen LogP contribution is -3.11. The smallest absolute Gasteiger partial charge is 0.279 e. The Bertz CT molecular complexity index is 866. The van der Waals surface area contributed by atoms with Gasteiger partial charge in [0.2, 0.25) is 0 Å². The Labute approximate surface area is 156 Å². The maximum atomic E-state index is 12.5. The summed E-state index contributed by atoms with van der Waals surface area (Å²) in [5, 5.41) is 5.15. The Balaban J connectivity index is 1.70. The van der Waals surface area contributed by atoms with Crippen molar-refractivity contribution in [1.29, 1.82) is 0 Å². The topological polar surface area (TPSA) is 67.7 Å². The van der Waals surface area contributed by atoms with E-state index in [0.29, 0.717) is 23.3 Å². The zero-order valence-electron chi connectivity index (χ0n) is 13.8. The number of thiophene rings is 1. The van der Waals surface area contributed by atoms with Crippen LogP contribution in [0.25, 0.3) is 0 Å². The molecule has 25 heavy (non-hydrogen) atoms. The molecule has 1 fully saturated rings. The van der Waals surface area contributed by atoms with Crippen LogP contribution < -0.4 is 10.2 Å². The number of sulfone groups is 1. The Hall–Kier alpha value is -1.41. The Morgan fingerprint density at radius 3 is 2.88 bits per heavy atom. The van der Waals surface area contributed by atoms with Crippen molar-refractivity contribution in [2.24, 2.45) is 0 Å². The van der Waals surface area contributed by atoms with Gasteiger partial charge in [-0.15, -0.1) is 11.3 Å². The average Bonchev–Trinajstić information content (AvgIpc) is 3.19. The van der Waals surface area contributed by atoms with E-state index < -0.39 is 9.84 Å². The van der Waals surface area contributed by atoms with Crippen LogP contribution in [0.2, 0.25) is 5.02 Å². The molecule has 1 aromatic carbocycles. The number of hydrogen-bond acceptors (Lipinski definition) is 4. The van der Waals surface area contributed by atoms with Crippen LogP contribution in [0.15, 0.2) is 40.6 Å². The second kappa shape index (κ2) is 7.45. The largest absolute Gasteiger partial charge is 0.320 e. The third-order valence-corrected chi connectivity index (χ3v) is 6.82. The molecule has 3 rings (SSSR count). The van der Waals surface area contributed by atoms with Gasteiger partial charge < -0.3 is 10.2 Å². The molecule has 1 unspecified atom stereocenters. The van der Waals surface area contributed by atoms with E-state index in [-0.39, 0.29) is 10.8 Å². The first kappa shape index (κ1) is 18.4. The molecule has 0 aliphatic carbocycles. The minimum atomic E-state index is -3.35. The number of amides is 1. The van der Waals surface area contributed by atoms with Crippen LogP contribution in [0, 0.1) is 0 Å². The van der Waals surface area contributed by atoms with Gasteiger partial charge in [0.15, 0.2) is 16.4 Å². The molecule has 8 heteroatoms. The van der Waals surface area contributed by atoms with E-state index in [1.807, 2.05) is 6.07 Å². The Morgan fingerprint density at radius 1 is 1.40 bits per heavy atom. The standard InChI is InChI=1S/C17H19ClN2O3S2/c1-25(22,23)12-6-7-13(18)14(10-12)19-17(21)11-20-8-2-4-15(20)16-5-3-9-24-16/h3,5-7,9-10,15H,2,4,8,11H2,1H3,(H,19,21)/p+1/t15-/m0/s1. The van der Waals surface area contributed by atoms with Crippen molar-refractivity contribution >= 4 is 44.4 Å². The number of carbonyl (C=O) groups is 1. The van der Waals surface area contributed by atoms with Crippen LogP contribution in [0.1, 0.15) is 23.8 Å². The van der Waals surface area contributed by atoms with E-state index in [1.165, 1.54) is 28.0 Å². The van der Waals surface area contributed by atoms with Gasteiger partial charge in [0.1, 0.15) is 6.04 Å². The van der Waals surface area contributed by atoms with Crippen molar-refractivity contribution in [3.63, 3.8) is 0 Å². The van der Waals surface area contributed by atoms with Gasteiger partial charge in [0, 0.05) is 19.1 Å². The SMILES string of the molecule is CS(=O)(=O)c1ccc(Cl)c(NC(=O)C[NH+]2CCC[C@H]2c2cccs2)c1. The molecular formula is C17H20ClN2O3S2+. The monoisotopic (exact) mass is 399 g/mol. The first-order chi connectivity index (χ1) is 11.8. The lowest BCUT2D eigenvalue weighted by molar-refractivity contribution is -0.910. The fraction of sp³-hybridized carbons (Fsp3) is 0.353. The highest BCUT2D eigenvalue weighted by molar-refractivity contribution is 7.90. The van der Waals surface area contributed by atoms with Gasteiger partial charge in [-0.05, 0) is 29.6 Å². The van der Waals surface area contributed by atoms with E-state index in [4.69, 9.17) is 11.6 Å². The van der Waals surface area contributed by atoms with E-state index in [0.717, 1.165) is 25.6 Å². The molecule has 1 amide bonds. The van der Waals surface area contributed by atoms with E-state index in [2.05, 4.69) is 16.8 Å². The summed E-state index contributed by atoms with van der Waals surface area (Å²) in [5.41, 5.74) is 0.334. The van der Waals surface area contributed by atoms with Crippen molar-refractivity contribution in [1.82, 2.24) is 0 Å². The van der Waals surface area contributed by atoms with Gasteiger partial charge in [0.25, 0.3) is 5.91 Å². The highest BCUT2D eigenvalue weighted by Crippen LogP contribution is 2.26. The first-order valence-electron chi connectivity index (χ1n) is 8.02. The van der Waals surface area contributed by atoms with Crippen molar-refractivity contribution in [2.75, 3.05) is 24.7 Å². The zero-order valence-corrected chi connectivity index (χ0v) is 16.2. The minimum absolute atomic E-state index is 0.136. The van der Waals surface area contributed by atoms with Crippen molar-refractivity contribution in [3.8, 4) is 0 Å². The second-order valence-corrected chi connectivity index (χ2v) is 9.66. The fourth-order valence-electron chi connectivity index (χ4n) is 3.19. The number of benzene rings is 1. The number of anilines is 1. The molecule has 0 spiro atoms. The lowest BCUT2D eigenvalue weighted by Gasteiger charge is -2.20. The summed E-state index contributed by atoms with van der Waals surface area (Å²) < 4.78 is 23.4. The first-order valence-corrected chi connectivity index (χ1v) is 11.2.